The second-order valence-corrected chi connectivity index (χ2v) is 10.4. The maximum absolute atomic E-state index is 9.81. The van der Waals surface area contributed by atoms with Crippen LogP contribution in [-0.4, -0.2) is 84.8 Å². The first-order valence-electron chi connectivity index (χ1n) is 11.9. The molecule has 0 amide bonds. The highest BCUT2D eigenvalue weighted by Crippen LogP contribution is 2.28. The maximum atomic E-state index is 9.81. The van der Waals surface area contributed by atoms with Crippen molar-refractivity contribution in [3.63, 3.8) is 0 Å². The molecule has 3 aliphatic rings. The Bertz CT molecular complexity index is 416. The zero-order valence-electron chi connectivity index (χ0n) is 18.2. The van der Waals surface area contributed by atoms with E-state index in [0.717, 1.165) is 18.5 Å². The van der Waals surface area contributed by atoms with Crippen LogP contribution in [0.15, 0.2) is 0 Å². The van der Waals surface area contributed by atoms with Gasteiger partial charge in [0.1, 0.15) is 0 Å². The number of hydrogen-bond acceptors (Lipinski definition) is 4. The van der Waals surface area contributed by atoms with Crippen LogP contribution in [0.2, 0.25) is 0 Å². The van der Waals surface area contributed by atoms with Crippen LogP contribution in [0.25, 0.3) is 0 Å². The standard InChI is InChI=1S/C23H45N3O/c1-23(2,20-27)19-25(16-15-24-12-6-3-7-13-24)17-21-9-8-14-26(18-21)22-10-4-5-11-22/h21-22,27H,3-20H2,1-2H3. The summed E-state index contributed by atoms with van der Waals surface area (Å²) >= 11 is 0. The van der Waals surface area contributed by atoms with Gasteiger partial charge in [-0.1, -0.05) is 33.1 Å². The van der Waals surface area contributed by atoms with Gasteiger partial charge in [-0.15, -0.1) is 0 Å². The predicted octanol–water partition coefficient (Wildman–Crippen LogP) is 3.45. The number of likely N-dealkylation sites (tertiary alicyclic amines) is 2. The Morgan fingerprint density at radius 3 is 2.37 bits per heavy atom. The molecule has 2 aliphatic heterocycles. The minimum absolute atomic E-state index is 0.00169. The van der Waals surface area contributed by atoms with Gasteiger partial charge >= 0.3 is 0 Å². The van der Waals surface area contributed by atoms with E-state index in [9.17, 15) is 5.11 Å². The first-order valence-corrected chi connectivity index (χ1v) is 11.9. The molecule has 2 saturated heterocycles. The summed E-state index contributed by atoms with van der Waals surface area (Å²) in [6.07, 6.45) is 12.7. The Labute approximate surface area is 168 Å². The van der Waals surface area contributed by atoms with Gasteiger partial charge in [0.05, 0.1) is 0 Å². The molecule has 0 bridgehead atoms. The molecule has 0 aromatic heterocycles. The molecule has 0 aromatic rings. The third-order valence-corrected chi connectivity index (χ3v) is 7.17. The minimum Gasteiger partial charge on any atom is -0.396 e. The van der Waals surface area contributed by atoms with Crippen molar-refractivity contribution in [2.75, 3.05) is 59.0 Å². The van der Waals surface area contributed by atoms with E-state index in [4.69, 9.17) is 0 Å². The molecule has 3 fully saturated rings. The molecule has 0 aromatic carbocycles. The fourth-order valence-electron chi connectivity index (χ4n) is 5.57. The summed E-state index contributed by atoms with van der Waals surface area (Å²) in [7, 11) is 0. The lowest BCUT2D eigenvalue weighted by atomic mass is 9.91. The molecule has 1 aliphatic carbocycles. The number of aliphatic hydroxyl groups is 1. The van der Waals surface area contributed by atoms with Crippen molar-refractivity contribution in [1.82, 2.24) is 14.7 Å². The molecule has 27 heavy (non-hydrogen) atoms. The van der Waals surface area contributed by atoms with Gasteiger partial charge < -0.3 is 19.8 Å². The van der Waals surface area contributed by atoms with Crippen molar-refractivity contribution in [3.8, 4) is 0 Å². The maximum Gasteiger partial charge on any atom is 0.0494 e. The highest BCUT2D eigenvalue weighted by atomic mass is 16.3. The summed E-state index contributed by atoms with van der Waals surface area (Å²) in [4.78, 5) is 8.17. The highest BCUT2D eigenvalue weighted by Gasteiger charge is 2.30. The topological polar surface area (TPSA) is 30.0 Å². The molecule has 4 heteroatoms. The van der Waals surface area contributed by atoms with E-state index in [1.807, 2.05) is 0 Å². The molecular formula is C23H45N3O. The van der Waals surface area contributed by atoms with E-state index >= 15 is 0 Å². The minimum atomic E-state index is 0.00169. The molecule has 3 rings (SSSR count). The zero-order chi connectivity index (χ0) is 19.1. The smallest absolute Gasteiger partial charge is 0.0494 e. The average Bonchev–Trinajstić information content (AvgIpc) is 3.22. The quantitative estimate of drug-likeness (QED) is 0.665. The number of hydrogen-bond donors (Lipinski definition) is 1. The van der Waals surface area contributed by atoms with Crippen LogP contribution in [-0.2, 0) is 0 Å². The first-order chi connectivity index (χ1) is 13.1. The lowest BCUT2D eigenvalue weighted by Crippen LogP contribution is -2.48. The van der Waals surface area contributed by atoms with Gasteiger partial charge in [-0.25, -0.2) is 0 Å². The number of nitrogens with zero attached hydrogens (tertiary/aromatic N) is 3. The van der Waals surface area contributed by atoms with Gasteiger partial charge in [-0.3, -0.25) is 0 Å². The SMILES string of the molecule is CC(C)(CO)CN(CCN1CCCCC1)CC1CCCN(C2CCCC2)C1. The van der Waals surface area contributed by atoms with Crippen molar-refractivity contribution in [1.29, 1.82) is 0 Å². The van der Waals surface area contributed by atoms with Crippen molar-refractivity contribution in [2.24, 2.45) is 11.3 Å². The molecule has 0 radical (unpaired) electrons. The molecule has 1 N–H and O–H groups in total. The Morgan fingerprint density at radius 1 is 0.926 bits per heavy atom. The summed E-state index contributed by atoms with van der Waals surface area (Å²) in [5.74, 6) is 0.815. The highest BCUT2D eigenvalue weighted by molar-refractivity contribution is 4.85. The van der Waals surface area contributed by atoms with Crippen molar-refractivity contribution in [2.45, 2.75) is 77.7 Å². The molecule has 0 spiro atoms. The van der Waals surface area contributed by atoms with Gasteiger partial charge in [0.25, 0.3) is 0 Å². The molecule has 4 nitrogen and oxygen atoms in total. The van der Waals surface area contributed by atoms with Crippen LogP contribution in [0.4, 0.5) is 0 Å². The molecule has 158 valence electrons. The Balaban J connectivity index is 1.52. The Hall–Kier alpha value is -0.160. The van der Waals surface area contributed by atoms with Gasteiger partial charge in [0, 0.05) is 50.8 Å². The monoisotopic (exact) mass is 379 g/mol. The summed E-state index contributed by atoms with van der Waals surface area (Å²) in [5.41, 5.74) is 0.00169. The van der Waals surface area contributed by atoms with Gasteiger partial charge in [-0.05, 0) is 64.1 Å². The van der Waals surface area contributed by atoms with Crippen molar-refractivity contribution in [3.05, 3.63) is 0 Å². The molecule has 2 heterocycles. The summed E-state index contributed by atoms with van der Waals surface area (Å²) in [6, 6.07) is 0.878. The second kappa shape index (κ2) is 10.6. The van der Waals surface area contributed by atoms with Crippen LogP contribution in [0.5, 0.6) is 0 Å². The fraction of sp³-hybridized carbons (Fsp3) is 1.00. The van der Waals surface area contributed by atoms with E-state index in [-0.39, 0.29) is 12.0 Å². The predicted molar refractivity (Wildman–Crippen MR) is 114 cm³/mol. The van der Waals surface area contributed by atoms with Gasteiger partial charge in [0.2, 0.25) is 0 Å². The van der Waals surface area contributed by atoms with Crippen LogP contribution in [0.1, 0.15) is 71.6 Å². The summed E-state index contributed by atoms with van der Waals surface area (Å²) in [5, 5.41) is 9.81. The molecule has 1 atom stereocenters. The van der Waals surface area contributed by atoms with Crippen LogP contribution >= 0.6 is 0 Å². The first kappa shape index (κ1) is 21.5. The Kier molecular flexibility index (Phi) is 8.43. The number of rotatable bonds is 9. The lowest BCUT2D eigenvalue weighted by molar-refractivity contribution is 0.0599. The largest absolute Gasteiger partial charge is 0.396 e. The van der Waals surface area contributed by atoms with Gasteiger partial charge in [0.15, 0.2) is 0 Å². The zero-order valence-corrected chi connectivity index (χ0v) is 18.2. The van der Waals surface area contributed by atoms with E-state index in [0.29, 0.717) is 0 Å². The van der Waals surface area contributed by atoms with E-state index in [2.05, 4.69) is 28.5 Å². The van der Waals surface area contributed by atoms with Crippen LogP contribution < -0.4 is 0 Å². The average molecular weight is 380 g/mol. The van der Waals surface area contributed by atoms with Crippen molar-refractivity contribution < 1.29 is 5.11 Å². The number of piperidine rings is 2. The van der Waals surface area contributed by atoms with E-state index in [1.54, 1.807) is 0 Å². The third kappa shape index (κ3) is 6.99. The molecule has 1 unspecified atom stereocenters. The van der Waals surface area contributed by atoms with E-state index < -0.39 is 0 Å². The number of aliphatic hydroxyl groups excluding tert-OH is 1. The van der Waals surface area contributed by atoms with Crippen LogP contribution in [0.3, 0.4) is 0 Å². The Morgan fingerprint density at radius 2 is 1.67 bits per heavy atom. The summed E-state index contributed by atoms with van der Waals surface area (Å²) < 4.78 is 0. The van der Waals surface area contributed by atoms with Crippen molar-refractivity contribution >= 4 is 0 Å². The van der Waals surface area contributed by atoms with Gasteiger partial charge in [-0.2, -0.15) is 0 Å². The molecule has 1 saturated carbocycles. The third-order valence-electron chi connectivity index (χ3n) is 7.17. The fourth-order valence-corrected chi connectivity index (χ4v) is 5.57. The summed E-state index contributed by atoms with van der Waals surface area (Å²) in [6.45, 7) is 14.6. The molecular weight excluding hydrogens is 334 g/mol. The lowest BCUT2D eigenvalue weighted by Gasteiger charge is -2.40. The second-order valence-electron chi connectivity index (χ2n) is 10.4. The van der Waals surface area contributed by atoms with E-state index in [1.165, 1.54) is 104 Å². The van der Waals surface area contributed by atoms with Crippen LogP contribution in [0, 0.1) is 11.3 Å². The normalized spacial score (nSPS) is 26.9.